The van der Waals surface area contributed by atoms with E-state index in [1.54, 1.807) is 38.2 Å². The van der Waals surface area contributed by atoms with Crippen LogP contribution in [0.25, 0.3) is 0 Å². The maximum absolute atomic E-state index is 12.6. The predicted octanol–water partition coefficient (Wildman–Crippen LogP) is 5.33. The van der Waals surface area contributed by atoms with Gasteiger partial charge < -0.3 is 45.9 Å². The van der Waals surface area contributed by atoms with Crippen molar-refractivity contribution >= 4 is 17.4 Å². The van der Waals surface area contributed by atoms with Crippen molar-refractivity contribution < 1.29 is 34.3 Å². The number of rotatable bonds is 20. The highest BCUT2D eigenvalue weighted by Gasteiger charge is 2.42. The first-order valence-corrected chi connectivity index (χ1v) is 18.8. The van der Waals surface area contributed by atoms with Crippen LogP contribution < -0.4 is 31.2 Å². The number of carbonyl (C=O) groups excluding carboxylic acids is 1. The number of nitrogens with one attached hydrogen (secondary N) is 3. The van der Waals surface area contributed by atoms with E-state index >= 15 is 0 Å². The number of nitrogens with zero attached hydrogens (tertiary/aromatic N) is 1. The van der Waals surface area contributed by atoms with Crippen LogP contribution >= 0.6 is 0 Å². The quantitative estimate of drug-likeness (QED) is 0.0309. The number of aliphatic hydroxyl groups is 1. The van der Waals surface area contributed by atoms with Crippen molar-refractivity contribution in [1.29, 1.82) is 0 Å². The Bertz CT molecular complexity index is 1510. The smallest absolute Gasteiger partial charge is 0.192 e. The first kappa shape index (κ1) is 40.9. The third kappa shape index (κ3) is 12.1. The van der Waals surface area contributed by atoms with Crippen LogP contribution in [-0.2, 0) is 22.4 Å². The van der Waals surface area contributed by atoms with E-state index in [0.29, 0.717) is 68.5 Å². The number of aliphatic imine (C=N–C) groups is 1. The Hall–Kier alpha value is -3.84. The Morgan fingerprint density at radius 3 is 2.58 bits per heavy atom. The second-order valence-electron chi connectivity index (χ2n) is 14.5. The number of ether oxygens (including phenoxy) is 3. The Kier molecular flexibility index (Phi) is 15.6. The number of anilines is 1. The lowest BCUT2D eigenvalue weighted by atomic mass is 9.91. The highest BCUT2D eigenvalue weighted by molar-refractivity contribution is 5.94. The number of aliphatic hydroxyl groups excluding tert-OH is 1. The van der Waals surface area contributed by atoms with Gasteiger partial charge in [0.25, 0.3) is 0 Å². The zero-order valence-electron chi connectivity index (χ0n) is 31.5. The number of allylic oxidation sites excluding steroid dienone is 2. The molecule has 3 atom stereocenters. The van der Waals surface area contributed by atoms with Crippen LogP contribution in [-0.4, -0.2) is 85.4 Å². The van der Waals surface area contributed by atoms with Crippen molar-refractivity contribution in [1.82, 2.24) is 10.6 Å². The molecule has 0 spiro atoms. The Morgan fingerprint density at radius 1 is 1.10 bits per heavy atom. The van der Waals surface area contributed by atoms with Crippen molar-refractivity contribution in [3.63, 3.8) is 0 Å². The summed E-state index contributed by atoms with van der Waals surface area (Å²) in [4.78, 5) is 16.6. The molecule has 3 unspecified atom stereocenters. The van der Waals surface area contributed by atoms with E-state index in [1.807, 2.05) is 25.3 Å². The van der Waals surface area contributed by atoms with Gasteiger partial charge in [-0.1, -0.05) is 18.6 Å². The molecular formula is C40H61N5O7. The van der Waals surface area contributed by atoms with E-state index in [1.165, 1.54) is 13.5 Å². The molecule has 2 fully saturated rings. The monoisotopic (exact) mass is 723 g/mol. The Morgan fingerprint density at radius 2 is 1.87 bits per heavy atom. The van der Waals surface area contributed by atoms with Gasteiger partial charge in [-0.25, -0.2) is 0 Å². The van der Waals surface area contributed by atoms with Crippen LogP contribution in [0.15, 0.2) is 47.5 Å². The molecule has 2 aliphatic carbocycles. The number of aryl methyl sites for hydroxylation is 2. The van der Waals surface area contributed by atoms with Gasteiger partial charge >= 0.3 is 0 Å². The maximum Gasteiger partial charge on any atom is 0.192 e. The summed E-state index contributed by atoms with van der Waals surface area (Å²) >= 11 is 0. The molecule has 0 radical (unpaired) electrons. The topological polar surface area (TPSA) is 180 Å². The molecule has 0 aliphatic heterocycles. The summed E-state index contributed by atoms with van der Waals surface area (Å²) in [5.41, 5.74) is 7.36. The van der Waals surface area contributed by atoms with Gasteiger partial charge in [0, 0.05) is 33.2 Å². The fraction of sp³-hybridized carbons (Fsp3) is 0.600. The van der Waals surface area contributed by atoms with Crippen molar-refractivity contribution in [2.45, 2.75) is 108 Å². The Balaban J connectivity index is 1.39. The van der Waals surface area contributed by atoms with E-state index in [4.69, 9.17) is 19.9 Å². The third-order valence-electron chi connectivity index (χ3n) is 10.2. The van der Waals surface area contributed by atoms with Crippen molar-refractivity contribution in [2.24, 2.45) is 16.6 Å². The van der Waals surface area contributed by atoms with E-state index in [-0.39, 0.29) is 29.0 Å². The molecular weight excluding hydrogens is 662 g/mol. The highest BCUT2D eigenvalue weighted by Crippen LogP contribution is 2.44. The molecule has 4 rings (SSSR count). The number of nitrogens with two attached hydrogens (primary N) is 1. The fourth-order valence-corrected chi connectivity index (χ4v) is 7.41. The van der Waals surface area contributed by atoms with E-state index in [9.17, 15) is 20.1 Å². The summed E-state index contributed by atoms with van der Waals surface area (Å²) in [6, 6.07) is 8.81. The standard InChI is InChI=1S/C40H61N5O7/c1-28(46)26-44-40(18-8-5-9-19-40)51-21-17-30-16-20-39(25-30,27-42-2)52-36-24-31(22-33(37(36)49)45-38(41)43-3)10-6-7-11-32(47)14-12-29-13-15-34(48)35(23-29)50-4/h7,11,13,15,22-24,28,30,42,44,46,48-49H,5-6,8-10,12,14,16-21,25-27H2,1-4H3,(H3,41,43,45). The van der Waals surface area contributed by atoms with Crippen LogP contribution in [0, 0.1) is 5.92 Å². The lowest BCUT2D eigenvalue weighted by molar-refractivity contribution is -0.114. The molecule has 0 heterocycles. The molecule has 0 saturated heterocycles. The molecule has 2 aromatic rings. The fourth-order valence-electron chi connectivity index (χ4n) is 7.41. The number of likely N-dealkylation sites (N-methyl/N-ethyl adjacent to an activating group) is 1. The summed E-state index contributed by atoms with van der Waals surface area (Å²) in [5.74, 6) is 1.38. The summed E-state index contributed by atoms with van der Waals surface area (Å²) < 4.78 is 18.5. The first-order chi connectivity index (χ1) is 25.0. The lowest BCUT2D eigenvalue weighted by Crippen LogP contribution is -2.51. The second-order valence-corrected chi connectivity index (χ2v) is 14.5. The molecule has 12 nitrogen and oxygen atoms in total. The number of guanidine groups is 1. The molecule has 0 bridgehead atoms. The van der Waals surface area contributed by atoms with Crippen LogP contribution in [0.2, 0.25) is 0 Å². The first-order valence-electron chi connectivity index (χ1n) is 18.8. The molecule has 12 heteroatoms. The van der Waals surface area contributed by atoms with Gasteiger partial charge in [-0.3, -0.25) is 15.1 Å². The highest BCUT2D eigenvalue weighted by atomic mass is 16.5. The molecule has 2 aliphatic rings. The molecule has 2 aromatic carbocycles. The van der Waals surface area contributed by atoms with Crippen LogP contribution in [0.5, 0.6) is 23.0 Å². The number of ketones is 1. The van der Waals surface area contributed by atoms with Gasteiger partial charge in [0.2, 0.25) is 0 Å². The van der Waals surface area contributed by atoms with Crippen molar-refractivity contribution in [3.05, 3.63) is 53.6 Å². The van der Waals surface area contributed by atoms with Crippen molar-refractivity contribution in [2.75, 3.05) is 46.2 Å². The molecule has 2 saturated carbocycles. The van der Waals surface area contributed by atoms with Gasteiger partial charge in [0.1, 0.15) is 11.3 Å². The summed E-state index contributed by atoms with van der Waals surface area (Å²) in [6.07, 6.45) is 14.1. The summed E-state index contributed by atoms with van der Waals surface area (Å²) in [6.45, 7) is 3.57. The average Bonchev–Trinajstić information content (AvgIpc) is 3.53. The molecule has 0 amide bonds. The predicted molar refractivity (Wildman–Crippen MR) is 205 cm³/mol. The Labute approximate surface area is 309 Å². The number of carbonyl (C=O) groups is 1. The van der Waals surface area contributed by atoms with Gasteiger partial charge in [0.05, 0.1) is 18.9 Å². The van der Waals surface area contributed by atoms with Crippen LogP contribution in [0.3, 0.4) is 0 Å². The lowest BCUT2D eigenvalue weighted by Gasteiger charge is -2.39. The van der Waals surface area contributed by atoms with Crippen LogP contribution in [0.4, 0.5) is 5.69 Å². The third-order valence-corrected chi connectivity index (χ3v) is 10.2. The zero-order chi connectivity index (χ0) is 37.6. The molecule has 52 heavy (non-hydrogen) atoms. The summed E-state index contributed by atoms with van der Waals surface area (Å²) in [7, 11) is 4.99. The number of phenols is 2. The van der Waals surface area contributed by atoms with Gasteiger partial charge in [-0.05, 0) is 132 Å². The van der Waals surface area contributed by atoms with E-state index in [0.717, 1.165) is 62.5 Å². The number of aromatic hydroxyl groups is 2. The SMILES string of the molecule is CN=C(N)Nc1cc(CCC=CC(=O)CCc2ccc(O)c(OC)c2)cc(OC2(CNC)CCC(CCOC3(NCC(C)O)CCCCC3)C2)c1O. The van der Waals surface area contributed by atoms with Crippen molar-refractivity contribution in [3.8, 4) is 23.0 Å². The zero-order valence-corrected chi connectivity index (χ0v) is 31.5. The number of methoxy groups -OCH3 is 1. The van der Waals surface area contributed by atoms with Gasteiger partial charge in [0.15, 0.2) is 34.7 Å². The number of benzene rings is 2. The van der Waals surface area contributed by atoms with Gasteiger partial charge in [-0.2, -0.15) is 0 Å². The average molecular weight is 724 g/mol. The number of hydrogen-bond acceptors (Lipinski definition) is 10. The minimum Gasteiger partial charge on any atom is -0.504 e. The molecule has 8 N–H and O–H groups in total. The largest absolute Gasteiger partial charge is 0.504 e. The second kappa shape index (κ2) is 19.8. The van der Waals surface area contributed by atoms with E-state index < -0.39 is 11.7 Å². The molecule has 0 aromatic heterocycles. The number of phenolic OH excluding ortho intramolecular Hbond substituents is 2. The number of hydrogen-bond donors (Lipinski definition) is 7. The normalized spacial score (nSPS) is 20.9. The minimum atomic E-state index is -0.516. The van der Waals surface area contributed by atoms with E-state index in [2.05, 4.69) is 20.9 Å². The molecule has 288 valence electrons. The maximum atomic E-state index is 12.6. The minimum absolute atomic E-state index is 0.0104. The van der Waals surface area contributed by atoms with Gasteiger partial charge in [-0.15, -0.1) is 0 Å². The summed E-state index contributed by atoms with van der Waals surface area (Å²) in [5, 5.41) is 40.9. The van der Waals surface area contributed by atoms with Crippen LogP contribution in [0.1, 0.15) is 88.7 Å².